The van der Waals surface area contributed by atoms with Crippen LogP contribution in [-0.2, 0) is 20.5 Å². The van der Waals surface area contributed by atoms with E-state index in [1.54, 1.807) is 11.3 Å². The number of aryl methyl sites for hydroxylation is 1. The van der Waals surface area contributed by atoms with E-state index in [0.29, 0.717) is 25.8 Å². The van der Waals surface area contributed by atoms with Crippen LogP contribution in [0, 0.1) is 6.92 Å². The van der Waals surface area contributed by atoms with E-state index in [4.69, 9.17) is 9.72 Å². The van der Waals surface area contributed by atoms with Crippen molar-refractivity contribution < 1.29 is 14.6 Å². The molecule has 1 amide bonds. The van der Waals surface area contributed by atoms with Crippen LogP contribution in [0.1, 0.15) is 56.2 Å². The molecule has 1 aliphatic rings. The maximum absolute atomic E-state index is 11.9. The lowest BCUT2D eigenvalue weighted by molar-refractivity contribution is -0.121. The molecule has 2 N–H and O–H groups in total. The van der Waals surface area contributed by atoms with Gasteiger partial charge < -0.3 is 15.2 Å². The number of rotatable bonds is 5. The van der Waals surface area contributed by atoms with Crippen molar-refractivity contribution in [2.45, 2.75) is 58.0 Å². The van der Waals surface area contributed by atoms with E-state index in [0.717, 1.165) is 9.88 Å². The summed E-state index contributed by atoms with van der Waals surface area (Å²) >= 11 is 1.63. The van der Waals surface area contributed by atoms with Gasteiger partial charge in [0, 0.05) is 25.6 Å². The first-order valence-electron chi connectivity index (χ1n) is 9.84. The summed E-state index contributed by atoms with van der Waals surface area (Å²) in [6.45, 7) is 9.50. The molecule has 1 fully saturated rings. The number of hydrogen-bond acceptors (Lipinski definition) is 5. The monoisotopic (exact) mass is 402 g/mol. The first-order valence-corrected chi connectivity index (χ1v) is 10.7. The van der Waals surface area contributed by atoms with Crippen molar-refractivity contribution in [3.05, 3.63) is 40.5 Å². The minimum Gasteiger partial charge on any atom is -0.394 e. The normalized spacial score (nSPS) is 20.7. The van der Waals surface area contributed by atoms with E-state index in [1.165, 1.54) is 16.7 Å². The second-order valence-corrected chi connectivity index (χ2v) is 9.53. The van der Waals surface area contributed by atoms with E-state index < -0.39 is 5.60 Å². The number of ether oxygens (including phenoxy) is 1. The van der Waals surface area contributed by atoms with Gasteiger partial charge in [-0.2, -0.15) is 0 Å². The van der Waals surface area contributed by atoms with E-state index in [1.807, 2.05) is 6.20 Å². The zero-order valence-electron chi connectivity index (χ0n) is 17.2. The molecule has 1 saturated heterocycles. The molecule has 0 aliphatic carbocycles. The number of benzene rings is 1. The average Bonchev–Trinajstić information content (AvgIpc) is 3.05. The van der Waals surface area contributed by atoms with Crippen molar-refractivity contribution >= 4 is 17.2 Å². The van der Waals surface area contributed by atoms with Crippen molar-refractivity contribution in [2.24, 2.45) is 0 Å². The number of aliphatic hydroxyl groups is 1. The lowest BCUT2D eigenvalue weighted by atomic mass is 9.83. The van der Waals surface area contributed by atoms with E-state index in [9.17, 15) is 9.90 Å². The molecule has 6 heteroatoms. The largest absolute Gasteiger partial charge is 0.394 e. The van der Waals surface area contributed by atoms with Gasteiger partial charge in [0.15, 0.2) is 0 Å². The Hall–Kier alpha value is -1.76. The highest BCUT2D eigenvalue weighted by Crippen LogP contribution is 2.42. The summed E-state index contributed by atoms with van der Waals surface area (Å²) in [7, 11) is 0. The summed E-state index contributed by atoms with van der Waals surface area (Å²) < 4.78 is 6.11. The summed E-state index contributed by atoms with van der Waals surface area (Å²) in [5, 5.41) is 13.1. The molecule has 2 heterocycles. The Balaban J connectivity index is 2.02. The van der Waals surface area contributed by atoms with Gasteiger partial charge in [0.25, 0.3) is 0 Å². The molecule has 0 saturated carbocycles. The number of amides is 1. The highest BCUT2D eigenvalue weighted by atomic mass is 32.1. The highest BCUT2D eigenvalue weighted by molar-refractivity contribution is 7.15. The zero-order valence-corrected chi connectivity index (χ0v) is 18.0. The number of nitrogens with zero attached hydrogens (tertiary/aromatic N) is 1. The molecule has 1 atom stereocenters. The van der Waals surface area contributed by atoms with Crippen LogP contribution in [0.5, 0.6) is 0 Å². The summed E-state index contributed by atoms with van der Waals surface area (Å²) in [4.78, 5) is 17.7. The summed E-state index contributed by atoms with van der Waals surface area (Å²) in [6, 6.07) is 6.58. The number of aromatic nitrogens is 1. The number of hydrogen-bond donors (Lipinski definition) is 2. The molecule has 1 aliphatic heterocycles. The molecule has 152 valence electrons. The molecule has 2 aromatic rings. The third-order valence-electron chi connectivity index (χ3n) is 5.22. The fourth-order valence-corrected chi connectivity index (χ4v) is 4.87. The minimum atomic E-state index is -0.628. The maximum Gasteiger partial charge on any atom is 0.220 e. The molecule has 0 radical (unpaired) electrons. The van der Waals surface area contributed by atoms with Gasteiger partial charge in [0.2, 0.25) is 5.91 Å². The summed E-state index contributed by atoms with van der Waals surface area (Å²) in [5.41, 5.74) is 3.11. The molecular formula is C22H30N2O3S. The van der Waals surface area contributed by atoms with E-state index >= 15 is 0 Å². The minimum absolute atomic E-state index is 0.0247. The van der Waals surface area contributed by atoms with Gasteiger partial charge in [-0.1, -0.05) is 44.5 Å². The lowest BCUT2D eigenvalue weighted by Crippen LogP contribution is -2.32. The molecule has 5 nitrogen and oxygen atoms in total. The summed E-state index contributed by atoms with van der Waals surface area (Å²) in [5.74, 6) is 0.0416. The summed E-state index contributed by atoms with van der Waals surface area (Å²) in [6.07, 6.45) is 3.56. The molecule has 0 bridgehead atoms. The molecule has 3 rings (SSSR count). The van der Waals surface area contributed by atoms with Gasteiger partial charge >= 0.3 is 0 Å². The van der Waals surface area contributed by atoms with Crippen LogP contribution in [0.25, 0.3) is 10.4 Å². The topological polar surface area (TPSA) is 71.5 Å². The maximum atomic E-state index is 11.9. The van der Waals surface area contributed by atoms with Crippen molar-refractivity contribution in [3.8, 4) is 10.4 Å². The first kappa shape index (κ1) is 21.0. The van der Waals surface area contributed by atoms with Gasteiger partial charge in [-0.05, 0) is 29.9 Å². The average molecular weight is 403 g/mol. The Bertz CT molecular complexity index is 841. The second kappa shape index (κ2) is 8.31. The highest BCUT2D eigenvalue weighted by Gasteiger charge is 2.38. The number of carbonyl (C=O) groups excluding carboxylic acids is 1. The van der Waals surface area contributed by atoms with E-state index in [-0.39, 0.29) is 24.5 Å². The van der Waals surface area contributed by atoms with Crippen molar-refractivity contribution in [1.29, 1.82) is 0 Å². The van der Waals surface area contributed by atoms with Crippen molar-refractivity contribution in [2.75, 3.05) is 19.8 Å². The Morgan fingerprint density at radius 2 is 2.11 bits per heavy atom. The van der Waals surface area contributed by atoms with Gasteiger partial charge in [0.1, 0.15) is 10.6 Å². The lowest BCUT2D eigenvalue weighted by Gasteiger charge is -2.30. The Morgan fingerprint density at radius 1 is 1.32 bits per heavy atom. The SMILES string of the molecule is Cc1ccc(C(C)(C)C)c(-c2cnc(C3(OCCO)CCNC(=O)CC3)s2)c1. The first-order chi connectivity index (χ1) is 13.2. The Morgan fingerprint density at radius 3 is 2.82 bits per heavy atom. The molecule has 1 aromatic heterocycles. The van der Waals surface area contributed by atoms with Gasteiger partial charge in [-0.25, -0.2) is 4.98 Å². The predicted molar refractivity (Wildman–Crippen MR) is 113 cm³/mol. The third kappa shape index (κ3) is 4.45. The van der Waals surface area contributed by atoms with Crippen LogP contribution in [0.2, 0.25) is 0 Å². The number of nitrogens with one attached hydrogen (secondary N) is 1. The van der Waals surface area contributed by atoms with E-state index in [2.05, 4.69) is 51.2 Å². The number of thiazole rings is 1. The van der Waals surface area contributed by atoms with Gasteiger partial charge in [-0.3, -0.25) is 4.79 Å². The Labute approximate surface area is 171 Å². The quantitative estimate of drug-likeness (QED) is 0.795. The molecule has 28 heavy (non-hydrogen) atoms. The molecule has 0 spiro atoms. The zero-order chi connectivity index (χ0) is 20.4. The predicted octanol–water partition coefficient (Wildman–Crippen LogP) is 3.92. The van der Waals surface area contributed by atoms with Gasteiger partial charge in [-0.15, -0.1) is 11.3 Å². The molecule has 1 unspecified atom stereocenters. The van der Waals surface area contributed by atoms with Crippen LogP contribution >= 0.6 is 11.3 Å². The second-order valence-electron chi connectivity index (χ2n) is 8.50. The molecule has 1 aromatic carbocycles. The van der Waals surface area contributed by atoms with Gasteiger partial charge in [0.05, 0.1) is 18.1 Å². The smallest absolute Gasteiger partial charge is 0.220 e. The molecular weight excluding hydrogens is 372 g/mol. The van der Waals surface area contributed by atoms with Crippen LogP contribution in [-0.4, -0.2) is 35.8 Å². The standard InChI is InChI=1S/C22H30N2O3S/c1-15-5-6-17(21(2,3)4)16(13-15)18-14-24-20(28-18)22(27-12-11-25)8-7-19(26)23-10-9-22/h5-6,13-14,25H,7-12H2,1-4H3,(H,23,26). The Kier molecular flexibility index (Phi) is 6.22. The van der Waals surface area contributed by atoms with Crippen molar-refractivity contribution in [3.63, 3.8) is 0 Å². The third-order valence-corrected chi connectivity index (χ3v) is 6.44. The van der Waals surface area contributed by atoms with Crippen LogP contribution < -0.4 is 5.32 Å². The van der Waals surface area contributed by atoms with Crippen molar-refractivity contribution in [1.82, 2.24) is 10.3 Å². The number of carbonyl (C=O) groups is 1. The van der Waals surface area contributed by atoms with Crippen LogP contribution in [0.4, 0.5) is 0 Å². The van der Waals surface area contributed by atoms with Crippen LogP contribution in [0.15, 0.2) is 24.4 Å². The fraction of sp³-hybridized carbons (Fsp3) is 0.545. The van der Waals surface area contributed by atoms with Crippen LogP contribution in [0.3, 0.4) is 0 Å². The fourth-order valence-electron chi connectivity index (χ4n) is 3.72. The number of aliphatic hydroxyl groups excluding tert-OH is 1.